The van der Waals surface area contributed by atoms with Crippen LogP contribution in [0.3, 0.4) is 0 Å². The van der Waals surface area contributed by atoms with E-state index in [4.69, 9.17) is 0 Å². The van der Waals surface area contributed by atoms with Crippen LogP contribution in [0.4, 0.5) is 0 Å². The molecule has 1 aliphatic rings. The van der Waals surface area contributed by atoms with Gasteiger partial charge in [-0.25, -0.2) is 0 Å². The molecule has 0 radical (unpaired) electrons. The zero-order valence-corrected chi connectivity index (χ0v) is 17.9. The maximum Gasteiger partial charge on any atom is 0.222 e. The number of aromatic nitrogens is 2. The van der Waals surface area contributed by atoms with E-state index in [-0.39, 0.29) is 11.8 Å². The van der Waals surface area contributed by atoms with E-state index >= 15 is 0 Å². The number of hydrogen-bond acceptors (Lipinski definition) is 4. The number of likely N-dealkylation sites (tertiary alicyclic amines) is 1. The molecule has 1 saturated heterocycles. The van der Waals surface area contributed by atoms with Crippen molar-refractivity contribution in [3.8, 4) is 0 Å². The number of likely N-dealkylation sites (N-methyl/N-ethyl adjacent to an activating group) is 1. The van der Waals surface area contributed by atoms with Crippen LogP contribution in [0.1, 0.15) is 43.4 Å². The van der Waals surface area contributed by atoms with E-state index in [1.165, 1.54) is 0 Å². The fraction of sp³-hybridized carbons (Fsp3) is 0.500. The molecule has 3 heterocycles. The smallest absolute Gasteiger partial charge is 0.222 e. The second-order valence-electron chi connectivity index (χ2n) is 8.13. The van der Waals surface area contributed by atoms with Crippen molar-refractivity contribution >= 4 is 11.8 Å². The van der Waals surface area contributed by atoms with Gasteiger partial charge in [-0.15, -0.1) is 0 Å². The van der Waals surface area contributed by atoms with E-state index in [0.717, 1.165) is 56.5 Å². The summed E-state index contributed by atoms with van der Waals surface area (Å²) in [5, 5.41) is 0. The van der Waals surface area contributed by atoms with Crippen molar-refractivity contribution in [1.82, 2.24) is 19.8 Å². The number of rotatable bonds is 9. The third-order valence-electron chi connectivity index (χ3n) is 5.87. The Kier molecular flexibility index (Phi) is 8.36. The molecule has 0 spiro atoms. The van der Waals surface area contributed by atoms with Crippen molar-refractivity contribution in [3.05, 3.63) is 60.2 Å². The summed E-state index contributed by atoms with van der Waals surface area (Å²) in [7, 11) is 1.86. The summed E-state index contributed by atoms with van der Waals surface area (Å²) in [6.45, 7) is 2.30. The van der Waals surface area contributed by atoms with Crippen LogP contribution < -0.4 is 0 Å². The van der Waals surface area contributed by atoms with Gasteiger partial charge in [-0.1, -0.05) is 6.07 Å². The summed E-state index contributed by atoms with van der Waals surface area (Å²) in [6.07, 6.45) is 10.9. The highest BCUT2D eigenvalue weighted by Gasteiger charge is 2.24. The van der Waals surface area contributed by atoms with E-state index < -0.39 is 0 Å². The number of pyridine rings is 2. The average molecular weight is 409 g/mol. The van der Waals surface area contributed by atoms with E-state index in [1.807, 2.05) is 42.3 Å². The number of carbonyl (C=O) groups is 2. The number of nitrogens with zero attached hydrogens (tertiary/aromatic N) is 4. The normalized spacial score (nSPS) is 16.3. The van der Waals surface area contributed by atoms with Gasteiger partial charge in [0.2, 0.25) is 11.8 Å². The van der Waals surface area contributed by atoms with Crippen molar-refractivity contribution < 1.29 is 9.59 Å². The lowest BCUT2D eigenvalue weighted by atomic mass is 9.92. The highest BCUT2D eigenvalue weighted by Crippen LogP contribution is 2.22. The van der Waals surface area contributed by atoms with E-state index in [2.05, 4.69) is 9.97 Å². The fourth-order valence-corrected chi connectivity index (χ4v) is 3.96. The van der Waals surface area contributed by atoms with Crippen LogP contribution >= 0.6 is 0 Å². The summed E-state index contributed by atoms with van der Waals surface area (Å²) in [6, 6.07) is 9.78. The van der Waals surface area contributed by atoms with Crippen molar-refractivity contribution in [3.63, 3.8) is 0 Å². The number of carbonyl (C=O) groups excluding carboxylic acids is 2. The first kappa shape index (κ1) is 21.9. The molecule has 6 nitrogen and oxygen atoms in total. The molecule has 1 aliphatic heterocycles. The second kappa shape index (κ2) is 11.4. The van der Waals surface area contributed by atoms with E-state index in [1.54, 1.807) is 23.5 Å². The van der Waals surface area contributed by atoms with Crippen molar-refractivity contribution in [2.24, 2.45) is 5.92 Å². The van der Waals surface area contributed by atoms with Crippen molar-refractivity contribution in [1.29, 1.82) is 0 Å². The standard InChI is InChI=1S/C24H32N4O2/c1-27(18-13-22-6-2-3-14-26-22)23(29)9-8-21-5-4-17-28(19-21)24(30)10-7-20-11-15-25-16-12-20/h2-3,6,11-12,14-16,21H,4-5,7-10,13,17-19H2,1H3. The zero-order chi connectivity index (χ0) is 21.2. The van der Waals surface area contributed by atoms with Gasteiger partial charge in [-0.2, -0.15) is 0 Å². The first-order valence-electron chi connectivity index (χ1n) is 10.9. The quantitative estimate of drug-likeness (QED) is 0.639. The van der Waals surface area contributed by atoms with Crippen LogP contribution in [0, 0.1) is 5.92 Å². The Morgan fingerprint density at radius 3 is 2.70 bits per heavy atom. The molecule has 160 valence electrons. The molecule has 0 saturated carbocycles. The maximum absolute atomic E-state index is 12.6. The topological polar surface area (TPSA) is 66.4 Å². The van der Waals surface area contributed by atoms with Gasteiger partial charge < -0.3 is 9.80 Å². The summed E-state index contributed by atoms with van der Waals surface area (Å²) >= 11 is 0. The molecule has 0 aliphatic carbocycles. The minimum atomic E-state index is 0.173. The molecule has 1 unspecified atom stereocenters. The molecule has 6 heteroatoms. The molecule has 1 fully saturated rings. The van der Waals surface area contributed by atoms with Crippen LogP contribution in [0.25, 0.3) is 0 Å². The Balaban J connectivity index is 1.37. The van der Waals surface area contributed by atoms with Crippen LogP contribution in [0.5, 0.6) is 0 Å². The minimum Gasteiger partial charge on any atom is -0.345 e. The molecule has 0 N–H and O–H groups in total. The molecular weight excluding hydrogens is 376 g/mol. The molecule has 30 heavy (non-hydrogen) atoms. The predicted octanol–water partition coefficient (Wildman–Crippen LogP) is 3.13. The molecule has 2 aromatic rings. The highest BCUT2D eigenvalue weighted by molar-refractivity contribution is 5.77. The van der Waals surface area contributed by atoms with Gasteiger partial charge in [0.25, 0.3) is 0 Å². The highest BCUT2D eigenvalue weighted by atomic mass is 16.2. The van der Waals surface area contributed by atoms with Crippen LogP contribution in [-0.2, 0) is 22.4 Å². The molecule has 0 aromatic carbocycles. The van der Waals surface area contributed by atoms with Gasteiger partial charge in [-0.05, 0) is 61.4 Å². The van der Waals surface area contributed by atoms with Gasteiger partial charge in [0.15, 0.2) is 0 Å². The van der Waals surface area contributed by atoms with Gasteiger partial charge in [0.1, 0.15) is 0 Å². The number of piperidine rings is 1. The minimum absolute atomic E-state index is 0.173. The zero-order valence-electron chi connectivity index (χ0n) is 17.9. The van der Waals surface area contributed by atoms with Gasteiger partial charge in [0, 0.05) is 70.2 Å². The summed E-state index contributed by atoms with van der Waals surface area (Å²) in [5.41, 5.74) is 2.15. The summed E-state index contributed by atoms with van der Waals surface area (Å²) in [5.74, 6) is 0.805. The molecule has 2 aromatic heterocycles. The second-order valence-corrected chi connectivity index (χ2v) is 8.13. The number of amides is 2. The van der Waals surface area contributed by atoms with Gasteiger partial charge >= 0.3 is 0 Å². The lowest BCUT2D eigenvalue weighted by Crippen LogP contribution is -2.40. The fourth-order valence-electron chi connectivity index (χ4n) is 3.96. The molecular formula is C24H32N4O2. The third kappa shape index (κ3) is 6.94. The molecule has 2 amide bonds. The maximum atomic E-state index is 12.6. The summed E-state index contributed by atoms with van der Waals surface area (Å²) < 4.78 is 0. The molecule has 0 bridgehead atoms. The first-order valence-corrected chi connectivity index (χ1v) is 10.9. The van der Waals surface area contributed by atoms with Crippen molar-refractivity contribution in [2.45, 2.75) is 44.9 Å². The Labute approximate surface area is 179 Å². The lowest BCUT2D eigenvalue weighted by Gasteiger charge is -2.33. The van der Waals surface area contributed by atoms with Gasteiger partial charge in [-0.3, -0.25) is 19.6 Å². The SMILES string of the molecule is CN(CCc1ccccn1)C(=O)CCC1CCCN(C(=O)CCc2ccncc2)C1. The third-order valence-corrected chi connectivity index (χ3v) is 5.87. The average Bonchev–Trinajstić information content (AvgIpc) is 2.81. The predicted molar refractivity (Wildman–Crippen MR) is 117 cm³/mol. The monoisotopic (exact) mass is 408 g/mol. The Morgan fingerprint density at radius 2 is 1.93 bits per heavy atom. The van der Waals surface area contributed by atoms with E-state index in [9.17, 15) is 9.59 Å². The Bertz CT molecular complexity index is 797. The van der Waals surface area contributed by atoms with Crippen LogP contribution in [0.15, 0.2) is 48.9 Å². The number of aryl methyl sites for hydroxylation is 1. The van der Waals surface area contributed by atoms with Gasteiger partial charge in [0.05, 0.1) is 0 Å². The largest absolute Gasteiger partial charge is 0.345 e. The summed E-state index contributed by atoms with van der Waals surface area (Å²) in [4.78, 5) is 37.2. The molecule has 1 atom stereocenters. The first-order chi connectivity index (χ1) is 14.6. The molecule has 3 rings (SSSR count). The number of hydrogen-bond donors (Lipinski definition) is 0. The van der Waals surface area contributed by atoms with Crippen molar-refractivity contribution in [2.75, 3.05) is 26.7 Å². The van der Waals surface area contributed by atoms with Crippen LogP contribution in [-0.4, -0.2) is 58.3 Å². The van der Waals surface area contributed by atoms with E-state index in [0.29, 0.717) is 25.3 Å². The lowest BCUT2D eigenvalue weighted by molar-refractivity contribution is -0.133. The Morgan fingerprint density at radius 1 is 1.10 bits per heavy atom. The Hall–Kier alpha value is -2.76. The van der Waals surface area contributed by atoms with Crippen LogP contribution in [0.2, 0.25) is 0 Å².